The summed E-state index contributed by atoms with van der Waals surface area (Å²) in [7, 11) is 0. The van der Waals surface area contributed by atoms with Crippen molar-refractivity contribution in [3.63, 3.8) is 0 Å². The van der Waals surface area contributed by atoms with Gasteiger partial charge in [0.15, 0.2) is 0 Å². The number of rotatable bonds is 3. The van der Waals surface area contributed by atoms with Crippen molar-refractivity contribution in [2.24, 2.45) is 0 Å². The molecule has 0 unspecified atom stereocenters. The van der Waals surface area contributed by atoms with Crippen molar-refractivity contribution in [3.05, 3.63) is 140 Å². The van der Waals surface area contributed by atoms with Crippen molar-refractivity contribution in [1.82, 2.24) is 4.57 Å². The van der Waals surface area contributed by atoms with Crippen LogP contribution in [-0.4, -0.2) is 4.57 Å². The minimum absolute atomic E-state index is 0.922. The highest BCUT2D eigenvalue weighted by Gasteiger charge is 2.20. The SMILES string of the molecule is c1ccc(-n2c3ccccc3c3sc4cccc(-c5cccc(-c6ccc7oc8ccccc8c7c6)c5)c4c32)cc1. The van der Waals surface area contributed by atoms with Gasteiger partial charge in [0.05, 0.1) is 15.7 Å². The molecule has 0 radical (unpaired) electrons. The highest BCUT2D eigenvalue weighted by Crippen LogP contribution is 2.46. The lowest BCUT2D eigenvalue weighted by atomic mass is 9.96. The van der Waals surface area contributed by atoms with Crippen LogP contribution in [0.3, 0.4) is 0 Å². The average molecular weight is 542 g/mol. The Morgan fingerprint density at radius 3 is 2.17 bits per heavy atom. The summed E-state index contributed by atoms with van der Waals surface area (Å²) in [5.41, 5.74) is 10.4. The number of fused-ring (bicyclic) bond motifs is 8. The number of hydrogen-bond donors (Lipinski definition) is 0. The van der Waals surface area contributed by atoms with Gasteiger partial charge in [-0.25, -0.2) is 0 Å². The molecule has 0 aliphatic heterocycles. The summed E-state index contributed by atoms with van der Waals surface area (Å²) in [6.07, 6.45) is 0. The van der Waals surface area contributed by atoms with Gasteiger partial charge in [-0.1, -0.05) is 91.0 Å². The molecule has 0 N–H and O–H groups in total. The van der Waals surface area contributed by atoms with Crippen molar-refractivity contribution in [2.45, 2.75) is 0 Å². The Balaban J connectivity index is 1.29. The summed E-state index contributed by atoms with van der Waals surface area (Å²) in [6, 6.07) is 50.0. The molecule has 0 spiro atoms. The standard InChI is InChI=1S/C38H23NOS/c1-2-12-27(13-3-1)39-32-17-6-4-15-30(32)38-37(39)36-28(16-9-19-35(36)41-38)26-11-8-10-24(22-26)25-20-21-34-31(23-25)29-14-5-7-18-33(29)40-34/h1-23H. The van der Waals surface area contributed by atoms with Gasteiger partial charge in [0.2, 0.25) is 0 Å². The second-order valence-corrected chi connectivity index (χ2v) is 11.6. The van der Waals surface area contributed by atoms with E-state index in [2.05, 4.69) is 132 Å². The quantitative estimate of drug-likeness (QED) is 0.217. The van der Waals surface area contributed by atoms with Crippen LogP contribution in [0.5, 0.6) is 0 Å². The van der Waals surface area contributed by atoms with Gasteiger partial charge in [-0.2, -0.15) is 0 Å². The molecule has 3 heterocycles. The van der Waals surface area contributed by atoms with Gasteiger partial charge >= 0.3 is 0 Å². The lowest BCUT2D eigenvalue weighted by molar-refractivity contribution is 0.669. The summed E-state index contributed by atoms with van der Waals surface area (Å²) in [5.74, 6) is 0. The highest BCUT2D eigenvalue weighted by molar-refractivity contribution is 7.26. The van der Waals surface area contributed by atoms with Gasteiger partial charge in [-0.15, -0.1) is 11.3 Å². The third-order valence-electron chi connectivity index (χ3n) is 8.20. The largest absolute Gasteiger partial charge is 0.456 e. The van der Waals surface area contributed by atoms with Crippen LogP contribution in [0.1, 0.15) is 0 Å². The Bertz CT molecular complexity index is 2420. The first-order valence-corrected chi connectivity index (χ1v) is 14.7. The van der Waals surface area contributed by atoms with Crippen molar-refractivity contribution in [3.8, 4) is 27.9 Å². The molecule has 9 rings (SSSR count). The number of aromatic nitrogens is 1. The molecular weight excluding hydrogens is 518 g/mol. The molecule has 0 saturated heterocycles. The first kappa shape index (κ1) is 22.7. The van der Waals surface area contributed by atoms with Crippen LogP contribution < -0.4 is 0 Å². The molecule has 0 saturated carbocycles. The molecule has 192 valence electrons. The number of para-hydroxylation sites is 3. The van der Waals surface area contributed by atoms with E-state index in [-0.39, 0.29) is 0 Å². The van der Waals surface area contributed by atoms with E-state index in [0.29, 0.717) is 0 Å². The molecule has 0 atom stereocenters. The summed E-state index contributed by atoms with van der Waals surface area (Å²) in [4.78, 5) is 0. The predicted molar refractivity (Wildman–Crippen MR) is 174 cm³/mol. The lowest BCUT2D eigenvalue weighted by Gasteiger charge is -2.11. The molecule has 3 heteroatoms. The average Bonchev–Trinajstić information content (AvgIpc) is 3.70. The monoisotopic (exact) mass is 541 g/mol. The molecule has 0 fully saturated rings. The van der Waals surface area contributed by atoms with Crippen LogP contribution >= 0.6 is 11.3 Å². The molecule has 0 aliphatic rings. The summed E-state index contributed by atoms with van der Waals surface area (Å²) in [6.45, 7) is 0. The number of hydrogen-bond acceptors (Lipinski definition) is 2. The number of benzene rings is 6. The van der Waals surface area contributed by atoms with Crippen LogP contribution in [0.2, 0.25) is 0 Å². The van der Waals surface area contributed by atoms with Gasteiger partial charge < -0.3 is 8.98 Å². The molecule has 6 aromatic carbocycles. The van der Waals surface area contributed by atoms with Gasteiger partial charge in [0.1, 0.15) is 11.2 Å². The Kier molecular flexibility index (Phi) is 4.80. The predicted octanol–water partition coefficient (Wildman–Crippen LogP) is 11.2. The van der Waals surface area contributed by atoms with Crippen molar-refractivity contribution < 1.29 is 4.42 Å². The molecule has 0 aliphatic carbocycles. The minimum Gasteiger partial charge on any atom is -0.456 e. The fourth-order valence-corrected chi connectivity index (χ4v) is 7.61. The maximum Gasteiger partial charge on any atom is 0.135 e. The fourth-order valence-electron chi connectivity index (χ4n) is 6.37. The fraction of sp³-hybridized carbons (Fsp3) is 0. The van der Waals surface area contributed by atoms with E-state index < -0.39 is 0 Å². The maximum atomic E-state index is 6.09. The third-order valence-corrected chi connectivity index (χ3v) is 9.38. The molecular formula is C38H23NOS. The smallest absolute Gasteiger partial charge is 0.135 e. The van der Waals surface area contributed by atoms with Crippen molar-refractivity contribution >= 4 is 64.5 Å². The topological polar surface area (TPSA) is 18.1 Å². The van der Waals surface area contributed by atoms with E-state index in [0.717, 1.165) is 21.9 Å². The van der Waals surface area contributed by atoms with Gasteiger partial charge in [-0.05, 0) is 70.8 Å². The van der Waals surface area contributed by atoms with E-state index >= 15 is 0 Å². The lowest BCUT2D eigenvalue weighted by Crippen LogP contribution is -1.93. The van der Waals surface area contributed by atoms with Crippen LogP contribution in [0.4, 0.5) is 0 Å². The Hall–Kier alpha value is -5.12. The zero-order valence-corrected chi connectivity index (χ0v) is 22.9. The number of furan rings is 1. The molecule has 3 aromatic heterocycles. The maximum absolute atomic E-state index is 6.09. The second-order valence-electron chi connectivity index (χ2n) is 10.5. The first-order valence-electron chi connectivity index (χ1n) is 13.9. The van der Waals surface area contributed by atoms with Crippen molar-refractivity contribution in [2.75, 3.05) is 0 Å². The minimum atomic E-state index is 0.922. The van der Waals surface area contributed by atoms with E-state index in [9.17, 15) is 0 Å². The Morgan fingerprint density at radius 2 is 1.24 bits per heavy atom. The number of thiophene rings is 1. The van der Waals surface area contributed by atoms with Gasteiger partial charge in [-0.3, -0.25) is 0 Å². The third kappa shape index (κ3) is 3.36. The zero-order chi connectivity index (χ0) is 26.9. The molecule has 2 nitrogen and oxygen atoms in total. The first-order chi connectivity index (χ1) is 20.3. The Labute approximate surface area is 240 Å². The molecule has 0 amide bonds. The summed E-state index contributed by atoms with van der Waals surface area (Å²) < 4.78 is 11.2. The Morgan fingerprint density at radius 1 is 0.512 bits per heavy atom. The van der Waals surface area contributed by atoms with Crippen LogP contribution in [0.15, 0.2) is 144 Å². The van der Waals surface area contributed by atoms with E-state index in [1.165, 1.54) is 59.1 Å². The zero-order valence-electron chi connectivity index (χ0n) is 22.0. The van der Waals surface area contributed by atoms with Crippen molar-refractivity contribution in [1.29, 1.82) is 0 Å². The van der Waals surface area contributed by atoms with E-state index in [1.54, 1.807) is 0 Å². The van der Waals surface area contributed by atoms with Crippen LogP contribution in [0.25, 0.3) is 81.1 Å². The van der Waals surface area contributed by atoms with E-state index in [1.807, 2.05) is 23.5 Å². The molecule has 9 aromatic rings. The van der Waals surface area contributed by atoms with E-state index in [4.69, 9.17) is 4.42 Å². The number of nitrogens with zero attached hydrogens (tertiary/aromatic N) is 1. The highest BCUT2D eigenvalue weighted by atomic mass is 32.1. The molecule has 0 bridgehead atoms. The van der Waals surface area contributed by atoms with Gasteiger partial charge in [0.25, 0.3) is 0 Å². The summed E-state index contributed by atoms with van der Waals surface area (Å²) >= 11 is 1.89. The van der Waals surface area contributed by atoms with Crippen LogP contribution in [0, 0.1) is 0 Å². The normalized spacial score (nSPS) is 11.9. The molecule has 41 heavy (non-hydrogen) atoms. The second kappa shape index (κ2) is 8.69. The van der Waals surface area contributed by atoms with Crippen LogP contribution in [-0.2, 0) is 0 Å². The summed E-state index contributed by atoms with van der Waals surface area (Å²) in [5, 5.41) is 4.91. The van der Waals surface area contributed by atoms with Gasteiger partial charge in [0, 0.05) is 31.9 Å².